The Kier molecular flexibility index (Phi) is 8.96. The Morgan fingerprint density at radius 2 is 1.74 bits per heavy atom. The van der Waals surface area contributed by atoms with Gasteiger partial charge in [0.15, 0.2) is 0 Å². The molecule has 10 nitrogen and oxygen atoms in total. The lowest BCUT2D eigenvalue weighted by Gasteiger charge is -2.34. The topological polar surface area (TPSA) is 118 Å². The number of nitrogens with zero attached hydrogens (tertiary/aromatic N) is 3. The number of carbonyl (C=O) groups is 2. The zero-order chi connectivity index (χ0) is 27.2. The van der Waals surface area contributed by atoms with E-state index < -0.39 is 18.2 Å². The van der Waals surface area contributed by atoms with Crippen LogP contribution in [0.15, 0.2) is 53.3 Å². The number of carbonyl (C=O) groups excluding carboxylic acids is 1. The molecule has 0 saturated carbocycles. The number of para-hydroxylation sites is 2. The van der Waals surface area contributed by atoms with Crippen LogP contribution >= 0.6 is 11.6 Å². The van der Waals surface area contributed by atoms with Gasteiger partial charge in [-0.15, -0.1) is 0 Å². The number of ether oxygens (including phenoxy) is 1. The van der Waals surface area contributed by atoms with Gasteiger partial charge in [0.25, 0.3) is 0 Å². The highest BCUT2D eigenvalue weighted by Crippen LogP contribution is 2.19. The normalized spacial score (nSPS) is 15.5. The molecular formula is C27H34ClN5O5. The number of hydrogen-bond acceptors (Lipinski definition) is 5. The lowest BCUT2D eigenvalue weighted by Crippen LogP contribution is -2.49. The van der Waals surface area contributed by atoms with Gasteiger partial charge < -0.3 is 25.4 Å². The van der Waals surface area contributed by atoms with Crippen molar-refractivity contribution in [3.8, 4) is 5.75 Å². The number of rotatable bonds is 9. The fourth-order valence-electron chi connectivity index (χ4n) is 4.90. The standard InChI is InChI=1S/C27H34ClN5O5/c1-18(2)32-23-5-3-4-6-24(23)33(27(32)37)25(34)29-15-19-11-13-31(14-12-19)16-21(30-26(35)36)17-38-22-9-7-20(28)8-10-22/h3-10,18-19,21,30H,11-17H2,1-2H3,(H,29,34)(H,35,36). The van der Waals surface area contributed by atoms with Gasteiger partial charge in [0.2, 0.25) is 0 Å². The summed E-state index contributed by atoms with van der Waals surface area (Å²) in [5.41, 5.74) is 0.989. The van der Waals surface area contributed by atoms with E-state index in [0.717, 1.165) is 31.4 Å². The highest BCUT2D eigenvalue weighted by Gasteiger charge is 2.25. The third-order valence-corrected chi connectivity index (χ3v) is 7.07. The fraction of sp³-hybridized carbons (Fsp3) is 0.444. The summed E-state index contributed by atoms with van der Waals surface area (Å²) in [5.74, 6) is 0.886. The number of fused-ring (bicyclic) bond motifs is 1. The maximum Gasteiger partial charge on any atom is 0.405 e. The Labute approximate surface area is 226 Å². The molecule has 3 aromatic rings. The van der Waals surface area contributed by atoms with E-state index in [2.05, 4.69) is 15.5 Å². The van der Waals surface area contributed by atoms with Crippen LogP contribution in [-0.2, 0) is 0 Å². The number of piperidine rings is 1. The molecule has 204 valence electrons. The van der Waals surface area contributed by atoms with E-state index in [0.29, 0.717) is 29.4 Å². The number of aromatic nitrogens is 2. The summed E-state index contributed by atoms with van der Waals surface area (Å²) in [6, 6.07) is 13.4. The van der Waals surface area contributed by atoms with E-state index in [1.54, 1.807) is 34.9 Å². The van der Waals surface area contributed by atoms with Gasteiger partial charge in [-0.05, 0) is 82.1 Å². The van der Waals surface area contributed by atoms with Crippen molar-refractivity contribution in [2.75, 3.05) is 32.8 Å². The smallest absolute Gasteiger partial charge is 0.405 e. The molecular weight excluding hydrogens is 510 g/mol. The maximum atomic E-state index is 13.0. The molecule has 1 unspecified atom stereocenters. The van der Waals surface area contributed by atoms with Crippen molar-refractivity contribution in [1.82, 2.24) is 24.7 Å². The van der Waals surface area contributed by atoms with Crippen LogP contribution in [0.25, 0.3) is 11.0 Å². The highest BCUT2D eigenvalue weighted by molar-refractivity contribution is 6.30. The van der Waals surface area contributed by atoms with Crippen LogP contribution < -0.4 is 21.1 Å². The summed E-state index contributed by atoms with van der Waals surface area (Å²) in [6.45, 7) is 6.56. The first-order valence-electron chi connectivity index (χ1n) is 12.8. The molecule has 1 fully saturated rings. The number of likely N-dealkylation sites (tertiary alicyclic amines) is 1. The Balaban J connectivity index is 1.29. The first kappa shape index (κ1) is 27.5. The molecule has 0 bridgehead atoms. The third-order valence-electron chi connectivity index (χ3n) is 6.82. The van der Waals surface area contributed by atoms with E-state index >= 15 is 0 Å². The highest BCUT2D eigenvalue weighted by atomic mass is 35.5. The number of imidazole rings is 1. The summed E-state index contributed by atoms with van der Waals surface area (Å²) in [6.07, 6.45) is 0.600. The molecule has 38 heavy (non-hydrogen) atoms. The minimum absolute atomic E-state index is 0.0678. The molecule has 1 saturated heterocycles. The van der Waals surface area contributed by atoms with Gasteiger partial charge in [0.1, 0.15) is 12.4 Å². The molecule has 0 aliphatic carbocycles. The molecule has 1 aliphatic rings. The Hall–Kier alpha value is -3.50. The van der Waals surface area contributed by atoms with Gasteiger partial charge in [-0.3, -0.25) is 4.57 Å². The number of benzene rings is 2. The average molecular weight is 544 g/mol. The SMILES string of the molecule is CC(C)n1c(=O)n(C(=O)NCC2CCN(CC(COc3ccc(Cl)cc3)NC(=O)O)CC2)c2ccccc21. The van der Waals surface area contributed by atoms with E-state index in [1.807, 2.05) is 32.0 Å². The molecule has 0 radical (unpaired) electrons. The van der Waals surface area contributed by atoms with Gasteiger partial charge in [0, 0.05) is 24.2 Å². The predicted octanol–water partition coefficient (Wildman–Crippen LogP) is 4.02. The van der Waals surface area contributed by atoms with E-state index in [1.165, 1.54) is 4.57 Å². The van der Waals surface area contributed by atoms with Crippen molar-refractivity contribution in [3.63, 3.8) is 0 Å². The van der Waals surface area contributed by atoms with Gasteiger partial charge in [0.05, 0.1) is 17.1 Å². The summed E-state index contributed by atoms with van der Waals surface area (Å²) in [5, 5.41) is 15.3. The minimum Gasteiger partial charge on any atom is -0.491 e. The van der Waals surface area contributed by atoms with Crippen molar-refractivity contribution in [2.24, 2.45) is 5.92 Å². The van der Waals surface area contributed by atoms with Gasteiger partial charge in [-0.1, -0.05) is 23.7 Å². The third kappa shape index (κ3) is 6.68. The molecule has 4 rings (SSSR count). The van der Waals surface area contributed by atoms with Crippen LogP contribution in [0.5, 0.6) is 5.75 Å². The second kappa shape index (κ2) is 12.4. The van der Waals surface area contributed by atoms with Crippen molar-refractivity contribution < 1.29 is 19.4 Å². The molecule has 1 aliphatic heterocycles. The summed E-state index contributed by atoms with van der Waals surface area (Å²) in [4.78, 5) is 39.5. The van der Waals surface area contributed by atoms with Crippen LogP contribution in [0, 0.1) is 5.92 Å². The number of nitrogens with one attached hydrogen (secondary N) is 2. The van der Waals surface area contributed by atoms with Crippen molar-refractivity contribution in [3.05, 3.63) is 64.0 Å². The molecule has 2 amide bonds. The van der Waals surface area contributed by atoms with Crippen molar-refractivity contribution in [1.29, 1.82) is 0 Å². The van der Waals surface area contributed by atoms with Crippen molar-refractivity contribution in [2.45, 2.75) is 38.8 Å². The largest absolute Gasteiger partial charge is 0.491 e. The van der Waals surface area contributed by atoms with Gasteiger partial charge >= 0.3 is 17.8 Å². The number of carboxylic acid groups (broad SMARTS) is 1. The molecule has 2 aromatic carbocycles. The molecule has 1 atom stereocenters. The summed E-state index contributed by atoms with van der Waals surface area (Å²) >= 11 is 5.91. The zero-order valence-electron chi connectivity index (χ0n) is 21.6. The summed E-state index contributed by atoms with van der Waals surface area (Å²) < 4.78 is 8.61. The number of amides is 2. The van der Waals surface area contributed by atoms with Gasteiger partial charge in [-0.25, -0.2) is 19.0 Å². The van der Waals surface area contributed by atoms with Gasteiger partial charge in [-0.2, -0.15) is 0 Å². The Morgan fingerprint density at radius 3 is 2.37 bits per heavy atom. The average Bonchev–Trinajstić information content (AvgIpc) is 3.19. The number of halogens is 1. The molecule has 11 heteroatoms. The Morgan fingerprint density at radius 1 is 1.08 bits per heavy atom. The first-order chi connectivity index (χ1) is 18.2. The van der Waals surface area contributed by atoms with Crippen LogP contribution in [-0.4, -0.2) is 70.1 Å². The minimum atomic E-state index is -1.10. The quantitative estimate of drug-likeness (QED) is 0.375. The van der Waals surface area contributed by atoms with Crippen LogP contribution in [0.2, 0.25) is 5.02 Å². The second-order valence-electron chi connectivity index (χ2n) is 9.91. The molecule has 0 spiro atoms. The predicted molar refractivity (Wildman–Crippen MR) is 146 cm³/mol. The second-order valence-corrected chi connectivity index (χ2v) is 10.3. The van der Waals surface area contributed by atoms with Crippen molar-refractivity contribution >= 4 is 34.8 Å². The monoisotopic (exact) mass is 543 g/mol. The lowest BCUT2D eigenvalue weighted by atomic mass is 9.96. The van der Waals surface area contributed by atoms with Crippen LogP contribution in [0.3, 0.4) is 0 Å². The lowest BCUT2D eigenvalue weighted by molar-refractivity contribution is 0.138. The van der Waals surface area contributed by atoms with E-state index in [4.69, 9.17) is 16.3 Å². The number of hydrogen-bond donors (Lipinski definition) is 3. The summed E-state index contributed by atoms with van der Waals surface area (Å²) in [7, 11) is 0. The Bertz CT molecular complexity index is 1310. The first-order valence-corrected chi connectivity index (χ1v) is 13.2. The van der Waals surface area contributed by atoms with Crippen LogP contribution in [0.4, 0.5) is 9.59 Å². The fourth-order valence-corrected chi connectivity index (χ4v) is 5.03. The maximum absolute atomic E-state index is 13.0. The zero-order valence-corrected chi connectivity index (χ0v) is 22.4. The van der Waals surface area contributed by atoms with E-state index in [-0.39, 0.29) is 24.3 Å². The molecule has 1 aromatic heterocycles. The molecule has 3 N–H and O–H groups in total. The molecule has 2 heterocycles. The van der Waals surface area contributed by atoms with E-state index in [9.17, 15) is 19.5 Å². The van der Waals surface area contributed by atoms with Crippen LogP contribution in [0.1, 0.15) is 32.7 Å².